The van der Waals surface area contributed by atoms with Crippen LogP contribution in [0.3, 0.4) is 0 Å². The summed E-state index contributed by atoms with van der Waals surface area (Å²) in [6.07, 6.45) is 9.30. The maximum Gasteiger partial charge on any atom is 0.338 e. The number of rotatable bonds is 11. The second-order valence-corrected chi connectivity index (χ2v) is 26.8. The van der Waals surface area contributed by atoms with Crippen molar-refractivity contribution in [2.45, 2.75) is 168 Å². The standard InChI is InChI=1S/C36H64O7Si2/c1-15-39-36(9,10)33(38)41-30-22-27(42-44(11,12)34(3,4)5)20-25-17-16-24(2)29(32(25)30)19-18-26-21-28(23-31(37)40-26)43-45(13,14)35(6,7)8/h16-17,20,24,26-30,32H,15,18-19,21-23H2,1-14H3/t24?,26-,27?,28-,29?,30?,32?/m1/s1. The zero-order valence-electron chi connectivity index (χ0n) is 30.9. The molecule has 0 bridgehead atoms. The van der Waals surface area contributed by atoms with E-state index >= 15 is 0 Å². The molecule has 1 fully saturated rings. The molecule has 5 unspecified atom stereocenters. The summed E-state index contributed by atoms with van der Waals surface area (Å²) in [6, 6.07) is 0. The van der Waals surface area contributed by atoms with Crippen LogP contribution in [0.5, 0.6) is 0 Å². The van der Waals surface area contributed by atoms with Gasteiger partial charge >= 0.3 is 11.9 Å². The average molecular weight is 665 g/mol. The molecule has 7 nitrogen and oxygen atoms in total. The molecule has 0 amide bonds. The molecule has 3 rings (SSSR count). The molecule has 7 atom stereocenters. The minimum absolute atomic E-state index is 0.0317. The summed E-state index contributed by atoms with van der Waals surface area (Å²) < 4.78 is 31.6. The number of hydrogen-bond acceptors (Lipinski definition) is 7. The van der Waals surface area contributed by atoms with E-state index in [1.54, 1.807) is 13.8 Å². The smallest absolute Gasteiger partial charge is 0.338 e. The van der Waals surface area contributed by atoms with E-state index in [4.69, 9.17) is 23.1 Å². The van der Waals surface area contributed by atoms with Crippen molar-refractivity contribution in [1.82, 2.24) is 0 Å². The molecule has 0 aromatic rings. The Morgan fingerprint density at radius 1 is 0.933 bits per heavy atom. The van der Waals surface area contributed by atoms with Crippen LogP contribution in [0, 0.1) is 17.8 Å². The number of esters is 2. The Labute approximate surface area is 276 Å². The first-order valence-corrected chi connectivity index (χ1v) is 23.1. The van der Waals surface area contributed by atoms with Gasteiger partial charge in [-0.25, -0.2) is 4.79 Å². The van der Waals surface area contributed by atoms with E-state index in [1.165, 1.54) is 5.57 Å². The van der Waals surface area contributed by atoms with Gasteiger partial charge in [0.25, 0.3) is 0 Å². The largest absolute Gasteiger partial charge is 0.462 e. The van der Waals surface area contributed by atoms with Gasteiger partial charge in [-0.05, 0) is 87.3 Å². The van der Waals surface area contributed by atoms with Crippen LogP contribution >= 0.6 is 0 Å². The quantitative estimate of drug-likeness (QED) is 0.161. The fourth-order valence-electron chi connectivity index (χ4n) is 6.39. The molecule has 0 saturated carbocycles. The number of cyclic esters (lactones) is 1. The SMILES string of the molecule is CCOC(C)(C)C(=O)OC1CC(O[Si](C)(C)C(C)(C)C)C=C2C=CC(C)C(CC[C@@H]3C[C@@H](O[Si](C)(C)C(C)(C)C)CC(=O)O3)C21. The maximum atomic E-state index is 13.5. The summed E-state index contributed by atoms with van der Waals surface area (Å²) in [7, 11) is -4.08. The highest BCUT2D eigenvalue weighted by atomic mass is 28.4. The fraction of sp³-hybridized carbons (Fsp3) is 0.833. The van der Waals surface area contributed by atoms with Gasteiger partial charge in [-0.1, -0.05) is 66.7 Å². The number of carbonyl (C=O) groups is 2. The van der Waals surface area contributed by atoms with Crippen molar-refractivity contribution in [3.8, 4) is 0 Å². The van der Waals surface area contributed by atoms with Gasteiger partial charge < -0.3 is 23.1 Å². The van der Waals surface area contributed by atoms with Crippen LogP contribution in [0.1, 0.15) is 101 Å². The Hall–Kier alpha value is -1.27. The Bertz CT molecular complexity index is 1110. The average Bonchev–Trinajstić information content (AvgIpc) is 2.86. The van der Waals surface area contributed by atoms with Crippen LogP contribution in [-0.2, 0) is 32.7 Å². The molecule has 9 heteroatoms. The second-order valence-electron chi connectivity index (χ2n) is 17.2. The molecule has 1 aliphatic heterocycles. The van der Waals surface area contributed by atoms with Crippen LogP contribution in [0.2, 0.25) is 36.3 Å². The lowest BCUT2D eigenvalue weighted by Gasteiger charge is -2.46. The van der Waals surface area contributed by atoms with E-state index < -0.39 is 22.2 Å². The van der Waals surface area contributed by atoms with Gasteiger partial charge in [-0.2, -0.15) is 0 Å². The lowest BCUT2D eigenvalue weighted by atomic mass is 9.66. The zero-order chi connectivity index (χ0) is 34.2. The Morgan fingerprint density at radius 3 is 2.11 bits per heavy atom. The molecule has 258 valence electrons. The Balaban J connectivity index is 1.85. The highest BCUT2D eigenvalue weighted by molar-refractivity contribution is 6.74. The lowest BCUT2D eigenvalue weighted by molar-refractivity contribution is -0.178. The summed E-state index contributed by atoms with van der Waals surface area (Å²) in [4.78, 5) is 26.2. The number of hydrogen-bond donors (Lipinski definition) is 0. The predicted molar refractivity (Wildman–Crippen MR) is 186 cm³/mol. The molecule has 2 aliphatic carbocycles. The van der Waals surface area contributed by atoms with Crippen molar-refractivity contribution in [3.63, 3.8) is 0 Å². The summed E-state index contributed by atoms with van der Waals surface area (Å²) >= 11 is 0. The third kappa shape index (κ3) is 9.43. The second kappa shape index (κ2) is 14.1. The van der Waals surface area contributed by atoms with Crippen LogP contribution in [0.4, 0.5) is 0 Å². The van der Waals surface area contributed by atoms with Gasteiger partial charge in [-0.3, -0.25) is 4.79 Å². The predicted octanol–water partition coefficient (Wildman–Crippen LogP) is 8.75. The molecule has 0 N–H and O–H groups in total. The minimum Gasteiger partial charge on any atom is -0.462 e. The zero-order valence-corrected chi connectivity index (χ0v) is 32.9. The van der Waals surface area contributed by atoms with E-state index in [0.29, 0.717) is 19.4 Å². The third-order valence-corrected chi connectivity index (χ3v) is 20.2. The minimum atomic E-state index is -2.07. The van der Waals surface area contributed by atoms with Crippen LogP contribution in [0.25, 0.3) is 0 Å². The van der Waals surface area contributed by atoms with Crippen molar-refractivity contribution in [3.05, 3.63) is 23.8 Å². The molecular formula is C36H64O7Si2. The monoisotopic (exact) mass is 664 g/mol. The first-order valence-electron chi connectivity index (χ1n) is 17.3. The van der Waals surface area contributed by atoms with Crippen LogP contribution < -0.4 is 0 Å². The number of allylic oxidation sites excluding steroid dienone is 2. The fourth-order valence-corrected chi connectivity index (χ4v) is 9.03. The van der Waals surface area contributed by atoms with E-state index in [0.717, 1.165) is 19.3 Å². The first-order chi connectivity index (χ1) is 20.5. The van der Waals surface area contributed by atoms with Crippen LogP contribution in [-0.4, -0.2) is 65.2 Å². The summed E-state index contributed by atoms with van der Waals surface area (Å²) in [6.45, 7) is 30.6. The maximum absolute atomic E-state index is 13.5. The van der Waals surface area contributed by atoms with Crippen molar-refractivity contribution >= 4 is 28.6 Å². The molecular weight excluding hydrogens is 601 g/mol. The molecule has 45 heavy (non-hydrogen) atoms. The normalized spacial score (nSPS) is 30.0. The van der Waals surface area contributed by atoms with Gasteiger partial charge in [-0.15, -0.1) is 0 Å². The molecule has 1 saturated heterocycles. The highest BCUT2D eigenvalue weighted by Crippen LogP contribution is 2.47. The van der Waals surface area contributed by atoms with Gasteiger partial charge in [0.1, 0.15) is 12.2 Å². The molecule has 0 radical (unpaired) electrons. The molecule has 3 aliphatic rings. The van der Waals surface area contributed by atoms with Gasteiger partial charge in [0.05, 0.1) is 18.6 Å². The van der Waals surface area contributed by atoms with Crippen molar-refractivity contribution in [2.24, 2.45) is 17.8 Å². The molecule has 1 heterocycles. The van der Waals surface area contributed by atoms with E-state index in [-0.39, 0.29) is 64.2 Å². The number of fused-ring (bicyclic) bond motifs is 1. The number of carbonyl (C=O) groups excluding carboxylic acids is 2. The van der Waals surface area contributed by atoms with Crippen molar-refractivity contribution in [2.75, 3.05) is 6.61 Å². The van der Waals surface area contributed by atoms with Crippen molar-refractivity contribution in [1.29, 1.82) is 0 Å². The van der Waals surface area contributed by atoms with E-state index in [9.17, 15) is 9.59 Å². The summed E-state index contributed by atoms with van der Waals surface area (Å²) in [5.74, 6) is 0.0344. The molecule has 0 aromatic heterocycles. The Kier molecular flexibility index (Phi) is 11.9. The van der Waals surface area contributed by atoms with Crippen LogP contribution in [0.15, 0.2) is 23.8 Å². The van der Waals surface area contributed by atoms with E-state index in [2.05, 4.69) is 92.9 Å². The van der Waals surface area contributed by atoms with Gasteiger partial charge in [0.15, 0.2) is 22.2 Å². The van der Waals surface area contributed by atoms with Crippen molar-refractivity contribution < 1.29 is 32.7 Å². The van der Waals surface area contributed by atoms with Gasteiger partial charge in [0.2, 0.25) is 0 Å². The topological polar surface area (TPSA) is 80.3 Å². The number of ether oxygens (including phenoxy) is 3. The highest BCUT2D eigenvalue weighted by Gasteiger charge is 2.47. The Morgan fingerprint density at radius 2 is 1.53 bits per heavy atom. The molecule has 0 spiro atoms. The summed E-state index contributed by atoms with van der Waals surface area (Å²) in [5.41, 5.74) is 0.146. The third-order valence-electron chi connectivity index (χ3n) is 11.2. The molecule has 0 aromatic carbocycles. The van der Waals surface area contributed by atoms with E-state index in [1.807, 2.05) is 6.92 Å². The lowest BCUT2D eigenvalue weighted by Crippen LogP contribution is -2.50. The summed E-state index contributed by atoms with van der Waals surface area (Å²) in [5, 5.41) is 0.140. The first kappa shape index (κ1) is 38.2. The van der Waals surface area contributed by atoms with Gasteiger partial charge in [0, 0.05) is 25.4 Å².